The van der Waals surface area contributed by atoms with E-state index in [9.17, 15) is 8.42 Å². The van der Waals surface area contributed by atoms with Crippen LogP contribution in [0.3, 0.4) is 0 Å². The van der Waals surface area contributed by atoms with E-state index < -0.39 is 9.84 Å². The highest BCUT2D eigenvalue weighted by Crippen LogP contribution is 2.23. The van der Waals surface area contributed by atoms with Gasteiger partial charge in [-0.15, -0.1) is 11.3 Å². The van der Waals surface area contributed by atoms with Crippen LogP contribution in [0.1, 0.15) is 11.8 Å². The minimum atomic E-state index is -3.11. The molecule has 2 rings (SSSR count). The zero-order valence-corrected chi connectivity index (χ0v) is 13.6. The van der Waals surface area contributed by atoms with Gasteiger partial charge in [0.05, 0.1) is 14.4 Å². The van der Waals surface area contributed by atoms with Crippen LogP contribution in [-0.4, -0.2) is 14.2 Å². The van der Waals surface area contributed by atoms with Crippen LogP contribution in [0.4, 0.5) is 5.69 Å². The van der Waals surface area contributed by atoms with E-state index in [4.69, 9.17) is 0 Å². The molecule has 1 aromatic heterocycles. The maximum Gasteiger partial charge on any atom is 0.178 e. The van der Waals surface area contributed by atoms with Crippen LogP contribution in [0, 0.1) is 0 Å². The number of hydrogen-bond acceptors (Lipinski definition) is 4. The normalized spacial score (nSPS) is 11.5. The Morgan fingerprint density at radius 2 is 1.84 bits per heavy atom. The lowest BCUT2D eigenvalue weighted by atomic mass is 10.3. The third kappa shape index (κ3) is 3.81. The standard InChI is InChI=1S/C13H14BrNO2S2/c1-2-19(16,17)12-6-3-10(4-7-12)15-9-11-5-8-13(14)18-11/h3-8,15H,2,9H2,1H3. The van der Waals surface area contributed by atoms with E-state index in [0.717, 1.165) is 16.0 Å². The summed E-state index contributed by atoms with van der Waals surface area (Å²) in [6, 6.07) is 10.9. The van der Waals surface area contributed by atoms with E-state index in [1.807, 2.05) is 6.07 Å². The average Bonchev–Trinajstić information content (AvgIpc) is 2.83. The minimum absolute atomic E-state index is 0.128. The number of hydrogen-bond donors (Lipinski definition) is 1. The van der Waals surface area contributed by atoms with Gasteiger partial charge in [-0.05, 0) is 52.3 Å². The van der Waals surface area contributed by atoms with Crippen molar-refractivity contribution in [2.75, 3.05) is 11.1 Å². The number of benzene rings is 1. The molecule has 0 saturated heterocycles. The molecule has 3 nitrogen and oxygen atoms in total. The molecule has 0 atom stereocenters. The molecule has 0 spiro atoms. The highest BCUT2D eigenvalue weighted by molar-refractivity contribution is 9.11. The van der Waals surface area contributed by atoms with Gasteiger partial charge in [-0.25, -0.2) is 8.42 Å². The second-order valence-electron chi connectivity index (χ2n) is 3.99. The zero-order chi connectivity index (χ0) is 13.9. The van der Waals surface area contributed by atoms with Gasteiger partial charge in [0.25, 0.3) is 0 Å². The van der Waals surface area contributed by atoms with Crippen LogP contribution in [-0.2, 0) is 16.4 Å². The maximum atomic E-state index is 11.7. The minimum Gasteiger partial charge on any atom is -0.380 e. The number of rotatable bonds is 5. The zero-order valence-electron chi connectivity index (χ0n) is 10.4. The molecule has 1 N–H and O–H groups in total. The summed E-state index contributed by atoms with van der Waals surface area (Å²) < 4.78 is 24.4. The molecule has 0 bridgehead atoms. The lowest BCUT2D eigenvalue weighted by Gasteiger charge is -2.06. The molecule has 0 aliphatic carbocycles. The quantitative estimate of drug-likeness (QED) is 0.879. The summed E-state index contributed by atoms with van der Waals surface area (Å²) in [5, 5.41) is 3.27. The van der Waals surface area contributed by atoms with Gasteiger partial charge in [0.15, 0.2) is 9.84 Å². The van der Waals surface area contributed by atoms with Gasteiger partial charge in [0.2, 0.25) is 0 Å². The van der Waals surface area contributed by atoms with Crippen molar-refractivity contribution in [1.82, 2.24) is 0 Å². The van der Waals surface area contributed by atoms with E-state index in [2.05, 4.69) is 27.3 Å². The molecule has 0 fully saturated rings. The van der Waals surface area contributed by atoms with Gasteiger partial charge < -0.3 is 5.32 Å². The van der Waals surface area contributed by atoms with E-state index in [1.54, 1.807) is 42.5 Å². The Morgan fingerprint density at radius 1 is 1.16 bits per heavy atom. The topological polar surface area (TPSA) is 46.2 Å². The van der Waals surface area contributed by atoms with Crippen LogP contribution in [0.5, 0.6) is 0 Å². The predicted octanol–water partition coefficient (Wildman–Crippen LogP) is 3.92. The van der Waals surface area contributed by atoms with Gasteiger partial charge in [0, 0.05) is 17.1 Å². The van der Waals surface area contributed by atoms with Crippen LogP contribution in [0.2, 0.25) is 0 Å². The summed E-state index contributed by atoms with van der Waals surface area (Å²) in [6.07, 6.45) is 0. The van der Waals surface area contributed by atoms with E-state index in [0.29, 0.717) is 4.90 Å². The number of anilines is 1. The molecular formula is C13H14BrNO2S2. The van der Waals surface area contributed by atoms with Crippen LogP contribution in [0.25, 0.3) is 0 Å². The molecule has 1 heterocycles. The van der Waals surface area contributed by atoms with Crippen molar-refractivity contribution in [3.8, 4) is 0 Å². The van der Waals surface area contributed by atoms with Gasteiger partial charge in [-0.1, -0.05) is 6.92 Å². The maximum absolute atomic E-state index is 11.7. The Balaban J connectivity index is 2.03. The Hall–Kier alpha value is -0.850. The van der Waals surface area contributed by atoms with Crippen molar-refractivity contribution in [3.63, 3.8) is 0 Å². The summed E-state index contributed by atoms with van der Waals surface area (Å²) in [7, 11) is -3.11. The van der Waals surface area contributed by atoms with E-state index in [1.165, 1.54) is 4.88 Å². The first-order valence-corrected chi connectivity index (χ1v) is 9.08. The molecule has 0 aliphatic rings. The van der Waals surface area contributed by atoms with Gasteiger partial charge in [0.1, 0.15) is 0 Å². The fourth-order valence-electron chi connectivity index (χ4n) is 1.58. The van der Waals surface area contributed by atoms with Crippen LogP contribution < -0.4 is 5.32 Å². The third-order valence-corrected chi connectivity index (χ3v) is 6.06. The molecule has 102 valence electrons. The lowest BCUT2D eigenvalue weighted by molar-refractivity contribution is 0.597. The molecule has 19 heavy (non-hydrogen) atoms. The number of sulfone groups is 1. The summed E-state index contributed by atoms with van der Waals surface area (Å²) in [6.45, 7) is 2.38. The van der Waals surface area contributed by atoms with E-state index >= 15 is 0 Å². The first-order chi connectivity index (χ1) is 9.01. The molecule has 0 aliphatic heterocycles. The largest absolute Gasteiger partial charge is 0.380 e. The van der Waals surface area contributed by atoms with E-state index in [-0.39, 0.29) is 5.75 Å². The monoisotopic (exact) mass is 359 g/mol. The first kappa shape index (κ1) is 14.6. The molecule has 0 unspecified atom stereocenters. The van der Waals surface area contributed by atoms with Crippen molar-refractivity contribution in [2.24, 2.45) is 0 Å². The van der Waals surface area contributed by atoms with Crippen molar-refractivity contribution in [3.05, 3.63) is 45.1 Å². The highest BCUT2D eigenvalue weighted by atomic mass is 79.9. The Labute approximate surface area is 125 Å². The molecular weight excluding hydrogens is 346 g/mol. The van der Waals surface area contributed by atoms with Crippen molar-refractivity contribution in [2.45, 2.75) is 18.4 Å². The summed E-state index contributed by atoms with van der Waals surface area (Å²) in [5.41, 5.74) is 0.916. The molecule has 0 amide bonds. The molecule has 1 aromatic carbocycles. The summed E-state index contributed by atoms with van der Waals surface area (Å²) in [4.78, 5) is 1.59. The molecule has 0 saturated carbocycles. The van der Waals surface area contributed by atoms with Crippen molar-refractivity contribution >= 4 is 42.8 Å². The molecule has 2 aromatic rings. The van der Waals surface area contributed by atoms with Crippen LogP contribution >= 0.6 is 27.3 Å². The smallest absolute Gasteiger partial charge is 0.178 e. The van der Waals surface area contributed by atoms with Gasteiger partial charge in [-0.2, -0.15) is 0 Å². The fraction of sp³-hybridized carbons (Fsp3) is 0.231. The Bertz CT molecular complexity index is 648. The summed E-state index contributed by atoms with van der Waals surface area (Å²) in [5.74, 6) is 0.128. The number of halogens is 1. The summed E-state index contributed by atoms with van der Waals surface area (Å²) >= 11 is 5.10. The second-order valence-corrected chi connectivity index (χ2v) is 8.81. The Kier molecular flexibility index (Phi) is 4.65. The van der Waals surface area contributed by atoms with Crippen molar-refractivity contribution in [1.29, 1.82) is 0 Å². The van der Waals surface area contributed by atoms with Gasteiger partial charge in [-0.3, -0.25) is 0 Å². The third-order valence-electron chi connectivity index (χ3n) is 2.69. The molecule has 6 heteroatoms. The second kappa shape index (κ2) is 6.07. The fourth-order valence-corrected chi connectivity index (χ4v) is 3.89. The predicted molar refractivity (Wildman–Crippen MR) is 83.5 cm³/mol. The SMILES string of the molecule is CCS(=O)(=O)c1ccc(NCc2ccc(Br)s2)cc1. The highest BCUT2D eigenvalue weighted by Gasteiger charge is 2.10. The van der Waals surface area contributed by atoms with Gasteiger partial charge >= 0.3 is 0 Å². The number of nitrogens with one attached hydrogen (secondary N) is 1. The van der Waals surface area contributed by atoms with Crippen molar-refractivity contribution < 1.29 is 8.42 Å². The molecule has 0 radical (unpaired) electrons. The Morgan fingerprint density at radius 3 is 2.37 bits per heavy atom. The van der Waals surface area contributed by atoms with Crippen LogP contribution in [0.15, 0.2) is 45.1 Å². The average molecular weight is 360 g/mol. The number of thiophene rings is 1. The first-order valence-electron chi connectivity index (χ1n) is 5.82. The lowest BCUT2D eigenvalue weighted by Crippen LogP contribution is -2.04.